The monoisotopic (exact) mass is 374 g/mol. The number of nitrogens with one attached hydrogen (secondary N) is 1. The van der Waals surface area contributed by atoms with E-state index in [2.05, 4.69) is 15.3 Å². The standard InChI is InChI=1S/C18H26N6O3/c19-13-15-5-3-14(4-6-15)12-17(25)24-9-1-2-16(24)18(26)21-7-10-27-11-8-22-23-20/h3-6,16H,1-2,7-13,19H2,(H,21,26)/t16-/m0/s1. The first-order chi connectivity index (χ1) is 13.2. The van der Waals surface area contributed by atoms with Crippen molar-refractivity contribution >= 4 is 11.8 Å². The van der Waals surface area contributed by atoms with Gasteiger partial charge in [-0.15, -0.1) is 0 Å². The van der Waals surface area contributed by atoms with Gasteiger partial charge in [0.05, 0.1) is 19.6 Å². The molecule has 146 valence electrons. The number of hydrogen-bond acceptors (Lipinski definition) is 5. The molecule has 0 spiro atoms. The number of azide groups is 1. The lowest BCUT2D eigenvalue weighted by molar-refractivity contribution is -0.138. The van der Waals surface area contributed by atoms with Crippen LogP contribution in [-0.4, -0.2) is 55.6 Å². The van der Waals surface area contributed by atoms with E-state index in [0.29, 0.717) is 39.3 Å². The Hall–Kier alpha value is -2.61. The Morgan fingerprint density at radius 3 is 2.74 bits per heavy atom. The molecule has 1 aromatic carbocycles. The number of likely N-dealkylation sites (tertiary alicyclic amines) is 1. The lowest BCUT2D eigenvalue weighted by Crippen LogP contribution is -2.47. The summed E-state index contributed by atoms with van der Waals surface area (Å²) in [4.78, 5) is 29.3. The van der Waals surface area contributed by atoms with Crippen LogP contribution < -0.4 is 11.1 Å². The predicted octanol–water partition coefficient (Wildman–Crippen LogP) is 1.12. The zero-order valence-electron chi connectivity index (χ0n) is 15.3. The van der Waals surface area contributed by atoms with Crippen molar-refractivity contribution in [3.05, 3.63) is 45.8 Å². The fraction of sp³-hybridized carbons (Fsp3) is 0.556. The van der Waals surface area contributed by atoms with Gasteiger partial charge in [0.15, 0.2) is 0 Å². The van der Waals surface area contributed by atoms with E-state index >= 15 is 0 Å². The predicted molar refractivity (Wildman–Crippen MR) is 101 cm³/mol. The van der Waals surface area contributed by atoms with E-state index in [-0.39, 0.29) is 24.8 Å². The van der Waals surface area contributed by atoms with Crippen molar-refractivity contribution in [1.82, 2.24) is 10.2 Å². The number of hydrogen-bond donors (Lipinski definition) is 2. The highest BCUT2D eigenvalue weighted by atomic mass is 16.5. The Kier molecular flexibility index (Phi) is 8.57. The van der Waals surface area contributed by atoms with Gasteiger partial charge in [-0.25, -0.2) is 0 Å². The molecule has 2 amide bonds. The normalized spacial score (nSPS) is 16.0. The van der Waals surface area contributed by atoms with Gasteiger partial charge in [-0.2, -0.15) is 0 Å². The largest absolute Gasteiger partial charge is 0.379 e. The van der Waals surface area contributed by atoms with Crippen LogP contribution in [0.4, 0.5) is 0 Å². The SMILES string of the molecule is [N-]=[N+]=NCCOCCNC(=O)[C@@H]1CCCN1C(=O)Cc1ccc(CN)cc1. The number of nitrogens with two attached hydrogens (primary N) is 1. The van der Waals surface area contributed by atoms with Crippen molar-refractivity contribution in [3.8, 4) is 0 Å². The zero-order chi connectivity index (χ0) is 19.5. The van der Waals surface area contributed by atoms with Crippen LogP contribution in [-0.2, 0) is 27.3 Å². The summed E-state index contributed by atoms with van der Waals surface area (Å²) in [6, 6.07) is 7.21. The Balaban J connectivity index is 1.77. The summed E-state index contributed by atoms with van der Waals surface area (Å²) in [5, 5.41) is 6.16. The molecule has 0 radical (unpaired) electrons. The minimum absolute atomic E-state index is 0.0428. The maximum Gasteiger partial charge on any atom is 0.242 e. The Morgan fingerprint density at radius 2 is 2.04 bits per heavy atom. The van der Waals surface area contributed by atoms with Crippen molar-refractivity contribution < 1.29 is 14.3 Å². The molecule has 1 aromatic rings. The molecule has 1 fully saturated rings. The van der Waals surface area contributed by atoms with Crippen LogP contribution in [0.2, 0.25) is 0 Å². The average Bonchev–Trinajstić information content (AvgIpc) is 3.18. The van der Waals surface area contributed by atoms with E-state index in [4.69, 9.17) is 16.0 Å². The molecule has 1 saturated heterocycles. The first-order valence-electron chi connectivity index (χ1n) is 9.09. The Morgan fingerprint density at radius 1 is 1.30 bits per heavy atom. The average molecular weight is 374 g/mol. The minimum Gasteiger partial charge on any atom is -0.379 e. The lowest BCUT2D eigenvalue weighted by atomic mass is 10.1. The van der Waals surface area contributed by atoms with Crippen molar-refractivity contribution in [2.24, 2.45) is 10.8 Å². The molecule has 9 heteroatoms. The third kappa shape index (κ3) is 6.56. The van der Waals surface area contributed by atoms with E-state index in [9.17, 15) is 9.59 Å². The highest BCUT2D eigenvalue weighted by molar-refractivity contribution is 5.89. The van der Waals surface area contributed by atoms with E-state index in [1.165, 1.54) is 0 Å². The number of benzene rings is 1. The van der Waals surface area contributed by atoms with Gasteiger partial charge in [-0.3, -0.25) is 9.59 Å². The summed E-state index contributed by atoms with van der Waals surface area (Å²) < 4.78 is 5.25. The molecule has 0 aliphatic carbocycles. The first kappa shape index (κ1) is 20.7. The molecule has 1 atom stereocenters. The van der Waals surface area contributed by atoms with Gasteiger partial charge in [0, 0.05) is 31.1 Å². The summed E-state index contributed by atoms with van der Waals surface area (Å²) in [5.74, 6) is -0.197. The summed E-state index contributed by atoms with van der Waals surface area (Å²) in [7, 11) is 0. The summed E-state index contributed by atoms with van der Waals surface area (Å²) in [6.07, 6.45) is 1.76. The van der Waals surface area contributed by atoms with Crippen LogP contribution in [0.25, 0.3) is 10.4 Å². The second-order valence-corrected chi connectivity index (χ2v) is 6.30. The molecule has 0 saturated carbocycles. The van der Waals surface area contributed by atoms with Gasteiger partial charge in [0.1, 0.15) is 6.04 Å². The van der Waals surface area contributed by atoms with Gasteiger partial charge in [-0.05, 0) is 29.5 Å². The van der Waals surface area contributed by atoms with E-state index in [0.717, 1.165) is 17.5 Å². The summed E-state index contributed by atoms with van der Waals surface area (Å²) >= 11 is 0. The number of rotatable bonds is 10. The molecule has 0 aromatic heterocycles. The molecular formula is C18H26N6O3. The van der Waals surface area contributed by atoms with Crippen LogP contribution >= 0.6 is 0 Å². The second-order valence-electron chi connectivity index (χ2n) is 6.30. The fourth-order valence-corrected chi connectivity index (χ4v) is 3.02. The fourth-order valence-electron chi connectivity index (χ4n) is 3.02. The maximum atomic E-state index is 12.6. The number of carbonyl (C=O) groups is 2. The lowest BCUT2D eigenvalue weighted by Gasteiger charge is -2.24. The molecule has 2 rings (SSSR count). The van der Waals surface area contributed by atoms with Crippen LogP contribution in [0.15, 0.2) is 29.4 Å². The van der Waals surface area contributed by atoms with Crippen LogP contribution in [0.1, 0.15) is 24.0 Å². The van der Waals surface area contributed by atoms with Crippen molar-refractivity contribution in [2.45, 2.75) is 31.8 Å². The molecule has 1 aliphatic heterocycles. The van der Waals surface area contributed by atoms with Gasteiger partial charge in [0.25, 0.3) is 0 Å². The molecule has 0 bridgehead atoms. The number of carbonyl (C=O) groups excluding carboxylic acids is 2. The summed E-state index contributed by atoms with van der Waals surface area (Å²) in [5.41, 5.74) is 15.7. The number of nitrogens with zero attached hydrogens (tertiary/aromatic N) is 4. The molecule has 27 heavy (non-hydrogen) atoms. The van der Waals surface area contributed by atoms with Gasteiger partial charge >= 0.3 is 0 Å². The van der Waals surface area contributed by atoms with Crippen LogP contribution in [0.3, 0.4) is 0 Å². The van der Waals surface area contributed by atoms with E-state index in [1.54, 1.807) is 4.90 Å². The first-order valence-corrected chi connectivity index (χ1v) is 9.09. The van der Waals surface area contributed by atoms with Gasteiger partial charge in [-0.1, -0.05) is 29.4 Å². The van der Waals surface area contributed by atoms with Crippen LogP contribution in [0, 0.1) is 0 Å². The van der Waals surface area contributed by atoms with Gasteiger partial charge < -0.3 is 20.7 Å². The van der Waals surface area contributed by atoms with E-state index in [1.807, 2.05) is 24.3 Å². The number of amides is 2. The molecule has 9 nitrogen and oxygen atoms in total. The highest BCUT2D eigenvalue weighted by Crippen LogP contribution is 2.19. The van der Waals surface area contributed by atoms with Crippen LogP contribution in [0.5, 0.6) is 0 Å². The Bertz CT molecular complexity index is 672. The Labute approximate surface area is 158 Å². The van der Waals surface area contributed by atoms with Crippen molar-refractivity contribution in [1.29, 1.82) is 0 Å². The number of ether oxygens (including phenoxy) is 1. The van der Waals surface area contributed by atoms with Crippen molar-refractivity contribution in [2.75, 3.05) is 32.8 Å². The zero-order valence-corrected chi connectivity index (χ0v) is 15.3. The summed E-state index contributed by atoms with van der Waals surface area (Å²) in [6.45, 7) is 2.34. The molecule has 1 aliphatic rings. The molecule has 1 heterocycles. The third-order valence-corrected chi connectivity index (χ3v) is 4.43. The highest BCUT2D eigenvalue weighted by Gasteiger charge is 2.33. The topological polar surface area (TPSA) is 133 Å². The van der Waals surface area contributed by atoms with E-state index < -0.39 is 6.04 Å². The molecular weight excluding hydrogens is 348 g/mol. The molecule has 0 unspecified atom stereocenters. The minimum atomic E-state index is -0.427. The quantitative estimate of drug-likeness (QED) is 0.275. The second kappa shape index (κ2) is 11.2. The maximum absolute atomic E-state index is 12.6. The van der Waals surface area contributed by atoms with Crippen molar-refractivity contribution in [3.63, 3.8) is 0 Å². The molecule has 3 N–H and O–H groups in total. The smallest absolute Gasteiger partial charge is 0.242 e. The van der Waals surface area contributed by atoms with Gasteiger partial charge in [0.2, 0.25) is 11.8 Å². The third-order valence-electron chi connectivity index (χ3n) is 4.43.